The van der Waals surface area contributed by atoms with E-state index < -0.39 is 15.8 Å². The highest BCUT2D eigenvalue weighted by Crippen LogP contribution is 2.15. The fourth-order valence-corrected chi connectivity index (χ4v) is 2.87. The van der Waals surface area contributed by atoms with Crippen molar-refractivity contribution in [3.8, 4) is 6.07 Å². The van der Waals surface area contributed by atoms with Gasteiger partial charge in [-0.3, -0.25) is 4.68 Å². The normalized spacial score (nSPS) is 11.3. The van der Waals surface area contributed by atoms with Crippen LogP contribution in [0.1, 0.15) is 16.8 Å². The number of hydrogen-bond donors (Lipinski definition) is 1. The van der Waals surface area contributed by atoms with Gasteiger partial charge in [0, 0.05) is 25.4 Å². The number of nitrogens with zero attached hydrogens (tertiary/aromatic N) is 3. The van der Waals surface area contributed by atoms with Gasteiger partial charge in [-0.2, -0.15) is 10.4 Å². The van der Waals surface area contributed by atoms with Crippen molar-refractivity contribution in [2.45, 2.75) is 18.4 Å². The topological polar surface area (TPSA) is 87.8 Å². The highest BCUT2D eigenvalue weighted by atomic mass is 32.2. The molecule has 0 radical (unpaired) electrons. The molecule has 1 aromatic heterocycles. The molecule has 0 amide bonds. The van der Waals surface area contributed by atoms with E-state index in [1.807, 2.05) is 0 Å². The molecule has 6 nitrogen and oxygen atoms in total. The van der Waals surface area contributed by atoms with Crippen molar-refractivity contribution in [2.24, 2.45) is 7.05 Å². The lowest BCUT2D eigenvalue weighted by Gasteiger charge is -2.06. The van der Waals surface area contributed by atoms with Crippen LogP contribution in [-0.4, -0.2) is 18.2 Å². The first-order valence-electron chi connectivity index (χ1n) is 6.02. The molecular formula is C13H13FN4O2S. The average molecular weight is 308 g/mol. The van der Waals surface area contributed by atoms with Gasteiger partial charge in [0.2, 0.25) is 10.0 Å². The molecule has 0 aliphatic rings. The summed E-state index contributed by atoms with van der Waals surface area (Å²) in [6.07, 6.45) is 1.71. The van der Waals surface area contributed by atoms with E-state index in [0.29, 0.717) is 0 Å². The molecule has 1 aromatic carbocycles. The number of hydrogen-bond acceptors (Lipinski definition) is 4. The van der Waals surface area contributed by atoms with E-state index in [0.717, 1.165) is 29.5 Å². The van der Waals surface area contributed by atoms with Crippen molar-refractivity contribution >= 4 is 10.0 Å². The van der Waals surface area contributed by atoms with Crippen molar-refractivity contribution in [1.82, 2.24) is 14.5 Å². The SMILES string of the molecule is Cc1nn(C)cc1CNS(=O)(=O)c1ccc(F)c(C#N)c1. The molecule has 110 valence electrons. The molecule has 0 atom stereocenters. The molecule has 0 saturated carbocycles. The van der Waals surface area contributed by atoms with E-state index in [1.165, 1.54) is 0 Å². The Morgan fingerprint density at radius 3 is 2.76 bits per heavy atom. The molecule has 21 heavy (non-hydrogen) atoms. The number of sulfonamides is 1. The van der Waals surface area contributed by atoms with Crippen molar-refractivity contribution in [3.63, 3.8) is 0 Å². The Bertz CT molecular complexity index is 821. The van der Waals surface area contributed by atoms with Gasteiger partial charge < -0.3 is 0 Å². The maximum Gasteiger partial charge on any atom is 0.240 e. The van der Waals surface area contributed by atoms with Gasteiger partial charge in [-0.05, 0) is 25.1 Å². The predicted octanol–water partition coefficient (Wildman–Crippen LogP) is 1.22. The minimum atomic E-state index is -3.82. The van der Waals surface area contributed by atoms with E-state index in [-0.39, 0.29) is 17.0 Å². The van der Waals surface area contributed by atoms with Gasteiger partial charge in [0.15, 0.2) is 0 Å². The molecular weight excluding hydrogens is 295 g/mol. The van der Waals surface area contributed by atoms with Gasteiger partial charge in [-0.1, -0.05) is 0 Å². The Hall–Kier alpha value is -2.24. The quantitative estimate of drug-likeness (QED) is 0.920. The minimum Gasteiger partial charge on any atom is -0.275 e. The fourth-order valence-electron chi connectivity index (χ4n) is 1.84. The number of aromatic nitrogens is 2. The standard InChI is InChI=1S/C13H13FN4O2S/c1-9-11(8-18(2)17-9)7-16-21(19,20)12-3-4-13(14)10(5-12)6-15/h3-5,8,16H,7H2,1-2H3. The lowest BCUT2D eigenvalue weighted by Crippen LogP contribution is -2.23. The summed E-state index contributed by atoms with van der Waals surface area (Å²) < 4.78 is 41.5. The number of aryl methyl sites for hydroxylation is 2. The molecule has 0 aliphatic heterocycles. The van der Waals surface area contributed by atoms with Crippen LogP contribution in [0.2, 0.25) is 0 Å². The summed E-state index contributed by atoms with van der Waals surface area (Å²) >= 11 is 0. The Morgan fingerprint density at radius 1 is 1.48 bits per heavy atom. The van der Waals surface area contributed by atoms with Gasteiger partial charge >= 0.3 is 0 Å². The summed E-state index contributed by atoms with van der Waals surface area (Å²) in [7, 11) is -2.08. The highest BCUT2D eigenvalue weighted by molar-refractivity contribution is 7.89. The third-order valence-corrected chi connectivity index (χ3v) is 4.34. The third kappa shape index (κ3) is 3.26. The first-order chi connectivity index (χ1) is 9.83. The first kappa shape index (κ1) is 15.2. The lowest BCUT2D eigenvalue weighted by molar-refractivity contribution is 0.580. The van der Waals surface area contributed by atoms with Gasteiger partial charge in [-0.15, -0.1) is 0 Å². The number of benzene rings is 1. The number of nitriles is 1. The monoisotopic (exact) mass is 308 g/mol. The number of nitrogens with one attached hydrogen (secondary N) is 1. The Balaban J connectivity index is 2.23. The van der Waals surface area contributed by atoms with Crippen LogP contribution in [0.3, 0.4) is 0 Å². The van der Waals surface area contributed by atoms with Gasteiger partial charge in [0.05, 0.1) is 16.2 Å². The van der Waals surface area contributed by atoms with Crippen molar-refractivity contribution in [2.75, 3.05) is 0 Å². The van der Waals surface area contributed by atoms with Crippen LogP contribution >= 0.6 is 0 Å². The molecule has 2 aromatic rings. The molecule has 0 unspecified atom stereocenters. The second kappa shape index (κ2) is 5.63. The van der Waals surface area contributed by atoms with E-state index in [2.05, 4.69) is 9.82 Å². The molecule has 0 bridgehead atoms. The summed E-state index contributed by atoms with van der Waals surface area (Å²) in [5.41, 5.74) is 1.15. The van der Waals surface area contributed by atoms with Crippen molar-refractivity contribution < 1.29 is 12.8 Å². The lowest BCUT2D eigenvalue weighted by atomic mass is 10.2. The number of halogens is 1. The molecule has 0 saturated heterocycles. The summed E-state index contributed by atoms with van der Waals surface area (Å²) in [5.74, 6) is -0.750. The third-order valence-electron chi connectivity index (χ3n) is 2.94. The largest absolute Gasteiger partial charge is 0.275 e. The Kier molecular flexibility index (Phi) is 4.06. The summed E-state index contributed by atoms with van der Waals surface area (Å²) in [4.78, 5) is -0.151. The molecule has 1 N–H and O–H groups in total. The molecule has 0 fully saturated rings. The Morgan fingerprint density at radius 2 is 2.19 bits per heavy atom. The smallest absolute Gasteiger partial charge is 0.240 e. The maximum absolute atomic E-state index is 13.2. The average Bonchev–Trinajstić information content (AvgIpc) is 2.75. The molecule has 0 spiro atoms. The van der Waals surface area contributed by atoms with E-state index in [1.54, 1.807) is 30.9 Å². The zero-order chi connectivity index (χ0) is 15.6. The maximum atomic E-state index is 13.2. The van der Waals surface area contributed by atoms with Crippen LogP contribution in [0.25, 0.3) is 0 Å². The Labute approximate surface area is 121 Å². The highest BCUT2D eigenvalue weighted by Gasteiger charge is 2.17. The zero-order valence-electron chi connectivity index (χ0n) is 11.5. The van der Waals surface area contributed by atoms with Crippen LogP contribution in [0, 0.1) is 24.1 Å². The molecule has 2 rings (SSSR count). The van der Waals surface area contributed by atoms with Crippen LogP contribution in [0.15, 0.2) is 29.3 Å². The summed E-state index contributed by atoms with van der Waals surface area (Å²) in [5, 5.41) is 12.9. The predicted molar refractivity (Wildman–Crippen MR) is 73.1 cm³/mol. The van der Waals surface area contributed by atoms with Crippen LogP contribution in [-0.2, 0) is 23.6 Å². The minimum absolute atomic E-state index is 0.0707. The van der Waals surface area contributed by atoms with E-state index in [4.69, 9.17) is 5.26 Å². The number of rotatable bonds is 4. The van der Waals surface area contributed by atoms with Crippen LogP contribution in [0.4, 0.5) is 4.39 Å². The van der Waals surface area contributed by atoms with Crippen LogP contribution in [0.5, 0.6) is 0 Å². The second-order valence-electron chi connectivity index (χ2n) is 4.49. The van der Waals surface area contributed by atoms with E-state index in [9.17, 15) is 12.8 Å². The fraction of sp³-hybridized carbons (Fsp3) is 0.231. The summed E-state index contributed by atoms with van der Waals surface area (Å²) in [6.45, 7) is 1.84. The zero-order valence-corrected chi connectivity index (χ0v) is 12.3. The van der Waals surface area contributed by atoms with Gasteiger partial charge in [-0.25, -0.2) is 17.5 Å². The summed E-state index contributed by atoms with van der Waals surface area (Å²) in [6, 6.07) is 4.70. The van der Waals surface area contributed by atoms with E-state index >= 15 is 0 Å². The molecule has 1 heterocycles. The molecule has 8 heteroatoms. The molecule has 0 aliphatic carbocycles. The first-order valence-corrected chi connectivity index (χ1v) is 7.50. The second-order valence-corrected chi connectivity index (χ2v) is 6.26. The van der Waals surface area contributed by atoms with Crippen LogP contribution < -0.4 is 4.72 Å². The van der Waals surface area contributed by atoms with Crippen molar-refractivity contribution in [3.05, 3.63) is 47.0 Å². The van der Waals surface area contributed by atoms with Gasteiger partial charge in [0.25, 0.3) is 0 Å². The van der Waals surface area contributed by atoms with Gasteiger partial charge in [0.1, 0.15) is 11.9 Å². The van der Waals surface area contributed by atoms with Crippen molar-refractivity contribution in [1.29, 1.82) is 5.26 Å².